The van der Waals surface area contributed by atoms with Crippen LogP contribution in [0.1, 0.15) is 27.2 Å². The molecule has 12 heavy (non-hydrogen) atoms. The molecule has 68 valence electrons. The standard InChI is InChI=1S/C9H13N.C2H6/c1-3-5-9-8(4-2)6-7-10-9;1-2/h3-5,10H,1,6-7H2,2H3;1-2H3/b8-4-,9-5+;. The van der Waals surface area contributed by atoms with Crippen LogP contribution in [0.25, 0.3) is 0 Å². The first-order chi connectivity index (χ1) is 5.88. The lowest BCUT2D eigenvalue weighted by Crippen LogP contribution is -2.03. The second kappa shape index (κ2) is 6.71. The Balaban J connectivity index is 0.000000561. The summed E-state index contributed by atoms with van der Waals surface area (Å²) in [6, 6.07) is 0. The maximum atomic E-state index is 3.65. The Kier molecular flexibility index (Phi) is 6.16. The minimum Gasteiger partial charge on any atom is -0.384 e. The molecule has 1 saturated heterocycles. The molecule has 0 bridgehead atoms. The van der Waals surface area contributed by atoms with Gasteiger partial charge in [-0.15, -0.1) is 0 Å². The molecule has 0 atom stereocenters. The van der Waals surface area contributed by atoms with Crippen molar-refractivity contribution in [1.29, 1.82) is 0 Å². The van der Waals surface area contributed by atoms with Crippen LogP contribution >= 0.6 is 0 Å². The van der Waals surface area contributed by atoms with Gasteiger partial charge in [-0.25, -0.2) is 0 Å². The van der Waals surface area contributed by atoms with Crippen molar-refractivity contribution in [2.45, 2.75) is 27.2 Å². The van der Waals surface area contributed by atoms with Crippen molar-refractivity contribution in [2.75, 3.05) is 6.54 Å². The normalized spacial score (nSPS) is 21.6. The molecule has 1 N–H and O–H groups in total. The SMILES string of the molecule is C=C/C=C1/NCC/C1=C/C.CC. The third kappa shape index (κ3) is 2.95. The fourth-order valence-corrected chi connectivity index (χ4v) is 1.16. The minimum atomic E-state index is 1.07. The molecule has 0 aromatic carbocycles. The highest BCUT2D eigenvalue weighted by atomic mass is 14.9. The minimum absolute atomic E-state index is 1.07. The van der Waals surface area contributed by atoms with Crippen molar-refractivity contribution in [3.05, 3.63) is 36.1 Å². The molecule has 1 aliphatic heterocycles. The van der Waals surface area contributed by atoms with Crippen LogP contribution in [-0.4, -0.2) is 6.54 Å². The first kappa shape index (κ1) is 11.0. The zero-order valence-corrected chi connectivity index (χ0v) is 8.35. The van der Waals surface area contributed by atoms with Gasteiger partial charge in [0.2, 0.25) is 0 Å². The van der Waals surface area contributed by atoms with Gasteiger partial charge in [0.05, 0.1) is 0 Å². The van der Waals surface area contributed by atoms with E-state index in [9.17, 15) is 0 Å². The van der Waals surface area contributed by atoms with Crippen LogP contribution in [-0.2, 0) is 0 Å². The van der Waals surface area contributed by atoms with Gasteiger partial charge in [-0.05, 0) is 25.0 Å². The van der Waals surface area contributed by atoms with Crippen molar-refractivity contribution >= 4 is 0 Å². The molecule has 0 amide bonds. The van der Waals surface area contributed by atoms with Crippen molar-refractivity contribution in [3.8, 4) is 0 Å². The maximum Gasteiger partial charge on any atom is 0.0369 e. The zero-order valence-electron chi connectivity index (χ0n) is 8.35. The molecule has 0 aliphatic carbocycles. The predicted molar refractivity (Wildman–Crippen MR) is 56.0 cm³/mol. The Bertz CT molecular complexity index is 187. The molecule has 1 rings (SSSR count). The monoisotopic (exact) mass is 165 g/mol. The molecule has 1 aliphatic rings. The number of rotatable bonds is 1. The Morgan fingerprint density at radius 3 is 2.58 bits per heavy atom. The van der Waals surface area contributed by atoms with E-state index < -0.39 is 0 Å². The van der Waals surface area contributed by atoms with Gasteiger partial charge in [0.15, 0.2) is 0 Å². The molecule has 0 aromatic heterocycles. The van der Waals surface area contributed by atoms with E-state index in [1.165, 1.54) is 11.3 Å². The molecule has 1 fully saturated rings. The van der Waals surface area contributed by atoms with E-state index in [0.717, 1.165) is 13.0 Å². The lowest BCUT2D eigenvalue weighted by atomic mass is 10.2. The largest absolute Gasteiger partial charge is 0.384 e. The summed E-state index contributed by atoms with van der Waals surface area (Å²) in [7, 11) is 0. The Labute approximate surface area is 75.9 Å². The molecule has 1 heteroatoms. The first-order valence-electron chi connectivity index (χ1n) is 4.60. The quantitative estimate of drug-likeness (QED) is 0.629. The fourth-order valence-electron chi connectivity index (χ4n) is 1.16. The van der Waals surface area contributed by atoms with Crippen LogP contribution < -0.4 is 5.32 Å². The van der Waals surface area contributed by atoms with Crippen LogP contribution in [0.4, 0.5) is 0 Å². The Morgan fingerprint density at radius 1 is 1.42 bits per heavy atom. The van der Waals surface area contributed by atoms with Crippen LogP contribution in [0, 0.1) is 0 Å². The van der Waals surface area contributed by atoms with Gasteiger partial charge in [-0.2, -0.15) is 0 Å². The van der Waals surface area contributed by atoms with Crippen molar-refractivity contribution in [3.63, 3.8) is 0 Å². The average Bonchev–Trinajstić information content (AvgIpc) is 2.56. The van der Waals surface area contributed by atoms with E-state index >= 15 is 0 Å². The summed E-state index contributed by atoms with van der Waals surface area (Å²) in [4.78, 5) is 0. The number of allylic oxidation sites excluding steroid dienone is 4. The van der Waals surface area contributed by atoms with Crippen LogP contribution in [0.3, 0.4) is 0 Å². The topological polar surface area (TPSA) is 12.0 Å². The highest BCUT2D eigenvalue weighted by Crippen LogP contribution is 2.16. The highest BCUT2D eigenvalue weighted by molar-refractivity contribution is 5.35. The van der Waals surface area contributed by atoms with E-state index in [1.807, 2.05) is 26.0 Å². The summed E-state index contributed by atoms with van der Waals surface area (Å²) in [5.74, 6) is 0. The van der Waals surface area contributed by atoms with Gasteiger partial charge < -0.3 is 5.32 Å². The Morgan fingerprint density at radius 2 is 2.08 bits per heavy atom. The van der Waals surface area contributed by atoms with Gasteiger partial charge in [0.25, 0.3) is 0 Å². The van der Waals surface area contributed by atoms with Crippen molar-refractivity contribution in [2.24, 2.45) is 0 Å². The van der Waals surface area contributed by atoms with Crippen LogP contribution in [0.15, 0.2) is 36.1 Å². The molecule has 1 heterocycles. The van der Waals surface area contributed by atoms with Gasteiger partial charge >= 0.3 is 0 Å². The summed E-state index contributed by atoms with van der Waals surface area (Å²) < 4.78 is 0. The number of nitrogens with one attached hydrogen (secondary N) is 1. The number of hydrogen-bond acceptors (Lipinski definition) is 1. The third-order valence-electron chi connectivity index (χ3n) is 1.69. The molecule has 1 nitrogen and oxygen atoms in total. The summed E-state index contributed by atoms with van der Waals surface area (Å²) in [6.45, 7) is 10.8. The molecule has 0 aromatic rings. The lowest BCUT2D eigenvalue weighted by Gasteiger charge is -1.96. The lowest BCUT2D eigenvalue weighted by molar-refractivity contribution is 0.915. The van der Waals surface area contributed by atoms with Gasteiger partial charge in [-0.1, -0.05) is 32.6 Å². The Hall–Kier alpha value is -0.980. The molecule has 0 unspecified atom stereocenters. The number of hydrogen-bond donors (Lipinski definition) is 1. The van der Waals surface area contributed by atoms with E-state index in [0.29, 0.717) is 0 Å². The van der Waals surface area contributed by atoms with E-state index in [1.54, 1.807) is 0 Å². The summed E-state index contributed by atoms with van der Waals surface area (Å²) in [6.07, 6.45) is 7.13. The predicted octanol–water partition coefficient (Wildman–Crippen LogP) is 3.02. The van der Waals surface area contributed by atoms with Crippen molar-refractivity contribution in [1.82, 2.24) is 5.32 Å². The molecule has 0 spiro atoms. The average molecular weight is 165 g/mol. The first-order valence-corrected chi connectivity index (χ1v) is 4.60. The zero-order chi connectivity index (χ0) is 9.40. The van der Waals surface area contributed by atoms with Crippen molar-refractivity contribution < 1.29 is 0 Å². The fraction of sp³-hybridized carbons (Fsp3) is 0.455. The van der Waals surface area contributed by atoms with Crippen LogP contribution in [0.5, 0.6) is 0 Å². The second-order valence-corrected chi connectivity index (χ2v) is 2.31. The van der Waals surface area contributed by atoms with Crippen LogP contribution in [0.2, 0.25) is 0 Å². The second-order valence-electron chi connectivity index (χ2n) is 2.31. The summed E-state index contributed by atoms with van der Waals surface area (Å²) >= 11 is 0. The summed E-state index contributed by atoms with van der Waals surface area (Å²) in [5, 5.41) is 3.28. The molecule has 0 radical (unpaired) electrons. The smallest absolute Gasteiger partial charge is 0.0369 e. The third-order valence-corrected chi connectivity index (χ3v) is 1.69. The van der Waals surface area contributed by atoms with Gasteiger partial charge in [0, 0.05) is 12.2 Å². The van der Waals surface area contributed by atoms with E-state index in [-0.39, 0.29) is 0 Å². The summed E-state index contributed by atoms with van der Waals surface area (Å²) in [5.41, 5.74) is 2.64. The van der Waals surface area contributed by atoms with Gasteiger partial charge in [0.1, 0.15) is 0 Å². The van der Waals surface area contributed by atoms with Gasteiger partial charge in [-0.3, -0.25) is 0 Å². The molecular formula is C11H19N. The maximum absolute atomic E-state index is 3.65. The molecule has 0 saturated carbocycles. The highest BCUT2D eigenvalue weighted by Gasteiger charge is 2.09. The van der Waals surface area contributed by atoms with E-state index in [4.69, 9.17) is 0 Å². The van der Waals surface area contributed by atoms with E-state index in [2.05, 4.69) is 24.9 Å². The molecular weight excluding hydrogens is 146 g/mol.